The summed E-state index contributed by atoms with van der Waals surface area (Å²) in [5, 5.41) is 9.50. The third-order valence-corrected chi connectivity index (χ3v) is 2.03. The lowest BCUT2D eigenvalue weighted by Crippen LogP contribution is -1.96. The average molecular weight is 222 g/mol. The Balaban J connectivity index is 2.68. The van der Waals surface area contributed by atoms with Crippen molar-refractivity contribution in [2.75, 3.05) is 14.2 Å². The number of phenols is 1. The molecule has 0 fully saturated rings. The summed E-state index contributed by atoms with van der Waals surface area (Å²) in [6, 6.07) is 5.01. The average Bonchev–Trinajstić information content (AvgIpc) is 2.29. The lowest BCUT2D eigenvalue weighted by Gasteiger charge is -2.03. The topological polar surface area (TPSA) is 55.8 Å². The quantitative estimate of drug-likeness (QED) is 0.791. The van der Waals surface area contributed by atoms with Gasteiger partial charge in [-0.3, -0.25) is 4.79 Å². The predicted molar refractivity (Wildman–Crippen MR) is 60.3 cm³/mol. The van der Waals surface area contributed by atoms with E-state index in [0.717, 1.165) is 5.56 Å². The normalized spacial score (nSPS) is 10.4. The highest BCUT2D eigenvalue weighted by Gasteiger charge is 2.00. The van der Waals surface area contributed by atoms with Crippen molar-refractivity contribution in [1.82, 2.24) is 0 Å². The van der Waals surface area contributed by atoms with Crippen molar-refractivity contribution in [1.29, 1.82) is 0 Å². The van der Waals surface area contributed by atoms with Gasteiger partial charge in [-0.25, -0.2) is 0 Å². The summed E-state index contributed by atoms with van der Waals surface area (Å²) in [5.74, 6) is 0.196. The fourth-order valence-electron chi connectivity index (χ4n) is 1.19. The maximum Gasteiger partial charge on any atom is 0.309 e. The molecule has 0 radical (unpaired) electrons. The number of hydrogen-bond donors (Lipinski definition) is 1. The summed E-state index contributed by atoms with van der Waals surface area (Å²) in [4.78, 5) is 10.8. The van der Waals surface area contributed by atoms with Gasteiger partial charge in [0, 0.05) is 0 Å². The van der Waals surface area contributed by atoms with Crippen molar-refractivity contribution < 1.29 is 19.4 Å². The first kappa shape index (κ1) is 12.1. The highest BCUT2D eigenvalue weighted by atomic mass is 16.5. The van der Waals surface area contributed by atoms with Gasteiger partial charge >= 0.3 is 5.97 Å². The Labute approximate surface area is 94.1 Å². The van der Waals surface area contributed by atoms with Gasteiger partial charge in [-0.05, 0) is 17.7 Å². The lowest BCUT2D eigenvalue weighted by atomic mass is 10.2. The number of benzene rings is 1. The van der Waals surface area contributed by atoms with Crippen LogP contribution in [-0.2, 0) is 9.53 Å². The van der Waals surface area contributed by atoms with Gasteiger partial charge in [0.1, 0.15) is 0 Å². The van der Waals surface area contributed by atoms with Gasteiger partial charge in [-0.15, -0.1) is 0 Å². The summed E-state index contributed by atoms with van der Waals surface area (Å²) >= 11 is 0. The van der Waals surface area contributed by atoms with Gasteiger partial charge < -0.3 is 14.6 Å². The number of phenolic OH excluding ortho intramolecular Hbond substituents is 1. The van der Waals surface area contributed by atoms with E-state index in [1.165, 1.54) is 14.2 Å². The standard InChI is InChI=1S/C12H14O4/c1-15-11-7-6-9(8-10(11)13)4-3-5-12(14)16-2/h3-4,6-8,13H,5H2,1-2H3. The molecule has 0 spiro atoms. The molecule has 0 saturated carbocycles. The number of hydrogen-bond acceptors (Lipinski definition) is 4. The van der Waals surface area contributed by atoms with Crippen LogP contribution in [-0.4, -0.2) is 25.3 Å². The molecule has 0 heterocycles. The van der Waals surface area contributed by atoms with Crippen LogP contribution in [0.2, 0.25) is 0 Å². The molecule has 0 aliphatic carbocycles. The summed E-state index contributed by atoms with van der Waals surface area (Å²) in [6.07, 6.45) is 3.62. The van der Waals surface area contributed by atoms with E-state index in [1.807, 2.05) is 0 Å². The fraction of sp³-hybridized carbons (Fsp3) is 0.250. The van der Waals surface area contributed by atoms with Gasteiger partial charge in [0.25, 0.3) is 0 Å². The first-order valence-electron chi connectivity index (χ1n) is 4.77. The molecule has 1 aromatic rings. The minimum absolute atomic E-state index is 0.0720. The Bertz CT molecular complexity index is 396. The van der Waals surface area contributed by atoms with Crippen LogP contribution in [0.5, 0.6) is 11.5 Å². The zero-order chi connectivity index (χ0) is 12.0. The lowest BCUT2D eigenvalue weighted by molar-refractivity contribution is -0.139. The Kier molecular flexibility index (Phi) is 4.39. The first-order valence-corrected chi connectivity index (χ1v) is 4.77. The zero-order valence-electron chi connectivity index (χ0n) is 9.27. The Morgan fingerprint density at radius 1 is 1.44 bits per heavy atom. The van der Waals surface area contributed by atoms with E-state index in [0.29, 0.717) is 5.75 Å². The van der Waals surface area contributed by atoms with Crippen molar-refractivity contribution in [2.45, 2.75) is 6.42 Å². The van der Waals surface area contributed by atoms with E-state index in [2.05, 4.69) is 4.74 Å². The minimum atomic E-state index is -0.297. The number of carbonyl (C=O) groups excluding carboxylic acids is 1. The highest BCUT2D eigenvalue weighted by Crippen LogP contribution is 2.26. The molecule has 0 atom stereocenters. The molecule has 0 aliphatic rings. The Morgan fingerprint density at radius 2 is 2.19 bits per heavy atom. The summed E-state index contributed by atoms with van der Waals surface area (Å²) in [7, 11) is 2.83. The SMILES string of the molecule is COC(=O)CC=Cc1ccc(OC)c(O)c1. The molecule has 0 saturated heterocycles. The predicted octanol–water partition coefficient (Wildman–Crippen LogP) is 1.98. The third-order valence-electron chi connectivity index (χ3n) is 2.03. The van der Waals surface area contributed by atoms with E-state index >= 15 is 0 Å². The molecular formula is C12H14O4. The molecule has 0 amide bonds. The molecule has 16 heavy (non-hydrogen) atoms. The molecule has 1 rings (SSSR count). The number of methoxy groups -OCH3 is 2. The second-order valence-electron chi connectivity index (χ2n) is 3.11. The minimum Gasteiger partial charge on any atom is -0.504 e. The van der Waals surface area contributed by atoms with Crippen molar-refractivity contribution in [3.8, 4) is 11.5 Å². The van der Waals surface area contributed by atoms with E-state index < -0.39 is 0 Å². The van der Waals surface area contributed by atoms with Gasteiger partial charge in [-0.2, -0.15) is 0 Å². The summed E-state index contributed by atoms with van der Waals surface area (Å²) in [6.45, 7) is 0. The molecule has 4 nitrogen and oxygen atoms in total. The van der Waals surface area contributed by atoms with Gasteiger partial charge in [-0.1, -0.05) is 18.2 Å². The van der Waals surface area contributed by atoms with E-state index in [9.17, 15) is 9.90 Å². The van der Waals surface area contributed by atoms with Gasteiger partial charge in [0.05, 0.1) is 20.6 Å². The highest BCUT2D eigenvalue weighted by molar-refractivity contribution is 5.72. The van der Waals surface area contributed by atoms with Crippen LogP contribution in [0.4, 0.5) is 0 Å². The molecule has 0 aliphatic heterocycles. The number of esters is 1. The molecule has 86 valence electrons. The molecule has 1 aromatic carbocycles. The van der Waals surface area contributed by atoms with Gasteiger partial charge in [0.15, 0.2) is 11.5 Å². The fourth-order valence-corrected chi connectivity index (χ4v) is 1.19. The van der Waals surface area contributed by atoms with Crippen LogP contribution >= 0.6 is 0 Å². The van der Waals surface area contributed by atoms with Crippen LogP contribution in [0.15, 0.2) is 24.3 Å². The van der Waals surface area contributed by atoms with Crippen LogP contribution in [0, 0.1) is 0 Å². The molecule has 4 heteroatoms. The monoisotopic (exact) mass is 222 g/mol. The van der Waals surface area contributed by atoms with E-state index in [-0.39, 0.29) is 18.1 Å². The number of rotatable bonds is 4. The number of aromatic hydroxyl groups is 1. The second-order valence-corrected chi connectivity index (χ2v) is 3.11. The molecular weight excluding hydrogens is 208 g/mol. The summed E-state index contributed by atoms with van der Waals surface area (Å²) < 4.78 is 9.40. The maximum atomic E-state index is 10.8. The Morgan fingerprint density at radius 3 is 2.75 bits per heavy atom. The Hall–Kier alpha value is -1.97. The first-order chi connectivity index (χ1) is 7.67. The van der Waals surface area contributed by atoms with Crippen molar-refractivity contribution in [3.63, 3.8) is 0 Å². The van der Waals surface area contributed by atoms with Crippen LogP contribution < -0.4 is 4.74 Å². The smallest absolute Gasteiger partial charge is 0.309 e. The van der Waals surface area contributed by atoms with Crippen LogP contribution in [0.1, 0.15) is 12.0 Å². The van der Waals surface area contributed by atoms with E-state index in [4.69, 9.17) is 4.74 Å². The number of carbonyl (C=O) groups is 1. The van der Waals surface area contributed by atoms with Crippen molar-refractivity contribution in [2.24, 2.45) is 0 Å². The van der Waals surface area contributed by atoms with Crippen LogP contribution in [0.25, 0.3) is 6.08 Å². The largest absolute Gasteiger partial charge is 0.504 e. The maximum absolute atomic E-state index is 10.8. The van der Waals surface area contributed by atoms with Crippen molar-refractivity contribution in [3.05, 3.63) is 29.8 Å². The summed E-state index contributed by atoms with van der Waals surface area (Å²) in [5.41, 5.74) is 0.794. The van der Waals surface area contributed by atoms with Crippen LogP contribution in [0.3, 0.4) is 0 Å². The van der Waals surface area contributed by atoms with E-state index in [1.54, 1.807) is 30.4 Å². The molecule has 1 N–H and O–H groups in total. The molecule has 0 aromatic heterocycles. The van der Waals surface area contributed by atoms with Gasteiger partial charge in [0.2, 0.25) is 0 Å². The second kappa shape index (κ2) is 5.80. The zero-order valence-corrected chi connectivity index (χ0v) is 9.27. The molecule has 0 unspecified atom stereocenters. The third kappa shape index (κ3) is 3.31. The molecule has 0 bridgehead atoms. The van der Waals surface area contributed by atoms with Crippen molar-refractivity contribution >= 4 is 12.0 Å². The number of ether oxygens (including phenoxy) is 2.